The van der Waals surface area contributed by atoms with Gasteiger partial charge in [0, 0.05) is 5.30 Å². The third-order valence-corrected chi connectivity index (χ3v) is 3.64. The number of carbonyl (C=O) groups is 1. The minimum absolute atomic E-state index is 0.263. The van der Waals surface area contributed by atoms with Crippen LogP contribution in [-0.2, 0) is 4.52 Å². The van der Waals surface area contributed by atoms with E-state index in [1.54, 1.807) is 0 Å². The smallest absolute Gasteiger partial charge is 0.342 e. The molecule has 0 aromatic heterocycles. The summed E-state index contributed by atoms with van der Waals surface area (Å²) in [6.07, 6.45) is 0. The van der Waals surface area contributed by atoms with E-state index in [4.69, 9.17) is 4.52 Å². The second-order valence-electron chi connectivity index (χ2n) is 4.58. The Balaban J connectivity index is 2.13. The van der Waals surface area contributed by atoms with Crippen LogP contribution in [0.15, 0.2) is 42.5 Å². The Morgan fingerprint density at radius 1 is 1.00 bits per heavy atom. The molecule has 2 rings (SSSR count). The molecule has 0 bridgehead atoms. The predicted octanol–water partition coefficient (Wildman–Crippen LogP) is 3.96. The molecule has 0 amide bonds. The first-order valence-corrected chi connectivity index (χ1v) is 6.94. The lowest BCUT2D eigenvalue weighted by Crippen LogP contribution is -2.07. The molecular formula is C16H16O2P. The Morgan fingerprint density at radius 2 is 1.58 bits per heavy atom. The van der Waals surface area contributed by atoms with Crippen molar-refractivity contribution in [2.24, 2.45) is 0 Å². The molecule has 0 N–H and O–H groups in total. The normalized spacial score (nSPS) is 10.9. The Labute approximate surface area is 115 Å². The van der Waals surface area contributed by atoms with E-state index in [-0.39, 0.29) is 5.97 Å². The van der Waals surface area contributed by atoms with E-state index < -0.39 is 0 Å². The molecule has 19 heavy (non-hydrogen) atoms. The molecule has 0 unspecified atom stereocenters. The molecule has 0 aliphatic heterocycles. The lowest BCUT2D eigenvalue weighted by Gasteiger charge is -2.10. The van der Waals surface area contributed by atoms with Crippen molar-refractivity contribution in [3.05, 3.63) is 64.7 Å². The van der Waals surface area contributed by atoms with E-state index in [1.165, 1.54) is 0 Å². The van der Waals surface area contributed by atoms with Gasteiger partial charge in [-0.05, 0) is 31.9 Å². The minimum atomic E-state index is -0.263. The first kappa shape index (κ1) is 13.8. The monoisotopic (exact) mass is 271 g/mol. The summed E-state index contributed by atoms with van der Waals surface area (Å²) in [5.74, 6) is -0.263. The third-order valence-electron chi connectivity index (χ3n) is 2.87. The average molecular weight is 271 g/mol. The molecule has 0 aliphatic carbocycles. The molecule has 0 heterocycles. The summed E-state index contributed by atoms with van der Waals surface area (Å²) >= 11 is 0. The minimum Gasteiger partial charge on any atom is -0.428 e. The van der Waals surface area contributed by atoms with Crippen molar-refractivity contribution < 1.29 is 9.32 Å². The molecule has 2 aromatic rings. The molecule has 0 fully saturated rings. The number of carbonyl (C=O) groups excluding carboxylic acids is 1. The van der Waals surface area contributed by atoms with E-state index >= 15 is 0 Å². The first-order valence-electron chi connectivity index (χ1n) is 6.13. The van der Waals surface area contributed by atoms with Crippen LogP contribution in [0.1, 0.15) is 27.0 Å². The third kappa shape index (κ3) is 3.42. The maximum absolute atomic E-state index is 12.1. The maximum Gasteiger partial charge on any atom is 0.342 e. The number of aryl methyl sites for hydroxylation is 3. The van der Waals surface area contributed by atoms with Crippen LogP contribution in [0.2, 0.25) is 0 Å². The molecule has 3 heteroatoms. The highest BCUT2D eigenvalue weighted by Crippen LogP contribution is 2.21. The Bertz CT molecular complexity index is 568. The Kier molecular flexibility index (Phi) is 4.34. The number of hydrogen-bond acceptors (Lipinski definition) is 2. The number of hydrogen-bond donors (Lipinski definition) is 0. The van der Waals surface area contributed by atoms with Gasteiger partial charge in [-0.15, -0.1) is 0 Å². The topological polar surface area (TPSA) is 26.3 Å². The molecule has 0 atom stereocenters. The summed E-state index contributed by atoms with van der Waals surface area (Å²) in [7, 11) is 0.573. The van der Waals surface area contributed by atoms with Crippen LogP contribution in [0.25, 0.3) is 0 Å². The highest BCUT2D eigenvalue weighted by molar-refractivity contribution is 7.42. The van der Waals surface area contributed by atoms with E-state index in [1.807, 2.05) is 63.2 Å². The van der Waals surface area contributed by atoms with Crippen molar-refractivity contribution in [3.8, 4) is 0 Å². The molecule has 1 radical (unpaired) electrons. The van der Waals surface area contributed by atoms with Crippen LogP contribution in [-0.4, -0.2) is 5.97 Å². The Hall–Kier alpha value is -1.66. The number of rotatable bonds is 3. The second kappa shape index (κ2) is 5.99. The zero-order chi connectivity index (χ0) is 13.8. The summed E-state index contributed by atoms with van der Waals surface area (Å²) in [4.78, 5) is 12.1. The van der Waals surface area contributed by atoms with Crippen LogP contribution >= 0.6 is 8.81 Å². The fourth-order valence-electron chi connectivity index (χ4n) is 2.13. The van der Waals surface area contributed by atoms with Crippen LogP contribution in [0.4, 0.5) is 0 Å². The second-order valence-corrected chi connectivity index (χ2v) is 5.46. The zero-order valence-corrected chi connectivity index (χ0v) is 12.2. The van der Waals surface area contributed by atoms with Gasteiger partial charge in [0.2, 0.25) is 0 Å². The largest absolute Gasteiger partial charge is 0.428 e. The van der Waals surface area contributed by atoms with Crippen molar-refractivity contribution in [2.75, 3.05) is 0 Å². The van der Waals surface area contributed by atoms with Crippen molar-refractivity contribution in [1.82, 2.24) is 0 Å². The molecule has 0 saturated carbocycles. The summed E-state index contributed by atoms with van der Waals surface area (Å²) in [6.45, 7) is 5.91. The molecule has 0 aliphatic rings. The van der Waals surface area contributed by atoms with Gasteiger partial charge in [-0.3, -0.25) is 0 Å². The van der Waals surface area contributed by atoms with Crippen molar-refractivity contribution in [2.45, 2.75) is 20.8 Å². The molecule has 2 aromatic carbocycles. The molecular weight excluding hydrogens is 255 g/mol. The van der Waals surface area contributed by atoms with Crippen LogP contribution < -0.4 is 5.30 Å². The first-order chi connectivity index (χ1) is 9.08. The lowest BCUT2D eigenvalue weighted by atomic mass is 10.0. The Morgan fingerprint density at radius 3 is 2.16 bits per heavy atom. The fraction of sp³-hybridized carbons (Fsp3) is 0.188. The van der Waals surface area contributed by atoms with Crippen molar-refractivity contribution in [1.29, 1.82) is 0 Å². The van der Waals surface area contributed by atoms with Gasteiger partial charge in [0.05, 0.1) is 5.56 Å². The van der Waals surface area contributed by atoms with Crippen molar-refractivity contribution in [3.63, 3.8) is 0 Å². The molecule has 0 spiro atoms. The number of benzene rings is 2. The van der Waals surface area contributed by atoms with E-state index in [0.29, 0.717) is 14.4 Å². The summed E-state index contributed by atoms with van der Waals surface area (Å²) in [6, 6.07) is 13.7. The van der Waals surface area contributed by atoms with Gasteiger partial charge in [0.25, 0.3) is 0 Å². The summed E-state index contributed by atoms with van der Waals surface area (Å²) in [5.41, 5.74) is 3.76. The fourth-order valence-corrected chi connectivity index (χ4v) is 2.70. The van der Waals surface area contributed by atoms with Crippen LogP contribution in [0, 0.1) is 20.8 Å². The van der Waals surface area contributed by atoms with Gasteiger partial charge in [0.15, 0.2) is 8.81 Å². The maximum atomic E-state index is 12.1. The van der Waals surface area contributed by atoms with Gasteiger partial charge >= 0.3 is 5.97 Å². The molecule has 97 valence electrons. The van der Waals surface area contributed by atoms with E-state index in [0.717, 1.165) is 22.0 Å². The summed E-state index contributed by atoms with van der Waals surface area (Å²) in [5, 5.41) is 0.971. The van der Waals surface area contributed by atoms with E-state index in [2.05, 4.69) is 0 Å². The average Bonchev–Trinajstić information content (AvgIpc) is 2.36. The van der Waals surface area contributed by atoms with Gasteiger partial charge in [-0.1, -0.05) is 48.0 Å². The van der Waals surface area contributed by atoms with Gasteiger partial charge in [-0.2, -0.15) is 0 Å². The molecule has 0 saturated heterocycles. The van der Waals surface area contributed by atoms with Crippen LogP contribution in [0.3, 0.4) is 0 Å². The molecule has 2 nitrogen and oxygen atoms in total. The highest BCUT2D eigenvalue weighted by atomic mass is 31.1. The van der Waals surface area contributed by atoms with Gasteiger partial charge in [-0.25, -0.2) is 4.79 Å². The highest BCUT2D eigenvalue weighted by Gasteiger charge is 2.14. The quantitative estimate of drug-likeness (QED) is 0.790. The van der Waals surface area contributed by atoms with Gasteiger partial charge in [0.1, 0.15) is 0 Å². The SMILES string of the molecule is Cc1cc(C)c(C(=O)O[P]c2ccccc2)c(C)c1. The van der Waals surface area contributed by atoms with Gasteiger partial charge < -0.3 is 4.52 Å². The predicted molar refractivity (Wildman–Crippen MR) is 79.1 cm³/mol. The van der Waals surface area contributed by atoms with Crippen molar-refractivity contribution >= 4 is 20.1 Å². The standard InChI is InChI=1S/C16H16O2P/c1-11-9-12(2)15(13(3)10-11)16(17)18-19-14-7-5-4-6-8-14/h4-10H,1-3H3. The lowest BCUT2D eigenvalue weighted by molar-refractivity contribution is 0.0761. The van der Waals surface area contributed by atoms with E-state index in [9.17, 15) is 4.79 Å². The summed E-state index contributed by atoms with van der Waals surface area (Å²) < 4.78 is 5.35. The van der Waals surface area contributed by atoms with Crippen LogP contribution in [0.5, 0.6) is 0 Å². The zero-order valence-electron chi connectivity index (χ0n) is 11.3.